The van der Waals surface area contributed by atoms with Crippen molar-refractivity contribution in [3.63, 3.8) is 0 Å². The Hall–Kier alpha value is -2.71. The van der Waals surface area contributed by atoms with Crippen LogP contribution in [-0.2, 0) is 6.42 Å². The number of nitrogens with one attached hydrogen (secondary N) is 1. The number of anilines is 1. The molecule has 0 aliphatic heterocycles. The quantitative estimate of drug-likeness (QED) is 0.410. The molecule has 29 heavy (non-hydrogen) atoms. The molecule has 6 nitrogen and oxygen atoms in total. The summed E-state index contributed by atoms with van der Waals surface area (Å²) in [5.41, 5.74) is 2.29. The molecular weight excluding hydrogens is 450 g/mol. The topological polar surface area (TPSA) is 72.2 Å². The van der Waals surface area contributed by atoms with Gasteiger partial charge in [-0.1, -0.05) is 46.7 Å². The third kappa shape index (κ3) is 4.33. The summed E-state index contributed by atoms with van der Waals surface area (Å²) in [5.74, 6) is 1.10. The zero-order chi connectivity index (χ0) is 20.4. The van der Waals surface area contributed by atoms with Crippen LogP contribution in [0, 0.1) is 6.92 Å². The van der Waals surface area contributed by atoms with E-state index in [2.05, 4.69) is 43.2 Å². The molecule has 0 saturated carbocycles. The zero-order valence-electron chi connectivity index (χ0n) is 15.9. The summed E-state index contributed by atoms with van der Waals surface area (Å²) < 4.78 is 2.67. The number of hydrogen-bond acceptors (Lipinski definition) is 5. The molecule has 2 heterocycles. The standard InChI is InChI=1S/C21H18BrN5OS/c1-3-16-12-19(27-21(24-16)23-13(2)26-27)29-18-7-5-4-6-17(18)25-20(28)14-8-10-15(22)11-9-14/h4-12H,3H2,1-2H3,(H,25,28). The van der Waals surface area contributed by atoms with E-state index in [-0.39, 0.29) is 5.91 Å². The first-order valence-electron chi connectivity index (χ1n) is 9.10. The smallest absolute Gasteiger partial charge is 0.255 e. The van der Waals surface area contributed by atoms with E-state index in [1.54, 1.807) is 16.6 Å². The number of fused-ring (bicyclic) bond motifs is 1. The van der Waals surface area contributed by atoms with Gasteiger partial charge in [0.05, 0.1) is 5.69 Å². The molecule has 0 fully saturated rings. The molecule has 1 N–H and O–H groups in total. The van der Waals surface area contributed by atoms with Crippen LogP contribution in [0.4, 0.5) is 5.69 Å². The number of aryl methyl sites for hydroxylation is 2. The summed E-state index contributed by atoms with van der Waals surface area (Å²) in [6, 6.07) is 17.0. The van der Waals surface area contributed by atoms with Gasteiger partial charge in [0.15, 0.2) is 0 Å². The molecule has 0 aliphatic rings. The zero-order valence-corrected chi connectivity index (χ0v) is 18.3. The highest BCUT2D eigenvalue weighted by Crippen LogP contribution is 2.34. The fourth-order valence-electron chi connectivity index (χ4n) is 2.81. The van der Waals surface area contributed by atoms with Crippen molar-refractivity contribution in [2.24, 2.45) is 0 Å². The lowest BCUT2D eigenvalue weighted by Gasteiger charge is -2.12. The monoisotopic (exact) mass is 467 g/mol. The lowest BCUT2D eigenvalue weighted by Crippen LogP contribution is -2.12. The van der Waals surface area contributed by atoms with Crippen molar-refractivity contribution in [2.75, 3.05) is 5.32 Å². The molecule has 0 saturated heterocycles. The molecule has 0 radical (unpaired) electrons. The van der Waals surface area contributed by atoms with Crippen LogP contribution in [0.3, 0.4) is 0 Å². The maximum Gasteiger partial charge on any atom is 0.255 e. The van der Waals surface area contributed by atoms with E-state index >= 15 is 0 Å². The van der Waals surface area contributed by atoms with E-state index in [1.807, 2.05) is 49.4 Å². The van der Waals surface area contributed by atoms with Crippen LogP contribution < -0.4 is 5.32 Å². The van der Waals surface area contributed by atoms with Crippen LogP contribution in [0.2, 0.25) is 0 Å². The Labute approximate surface area is 180 Å². The SMILES string of the molecule is CCc1cc(Sc2ccccc2NC(=O)c2ccc(Br)cc2)n2nc(C)nc2n1. The number of carbonyl (C=O) groups is 1. The normalized spacial score (nSPS) is 11.0. The number of rotatable bonds is 5. The highest BCUT2D eigenvalue weighted by molar-refractivity contribution is 9.10. The third-order valence-electron chi connectivity index (χ3n) is 4.26. The van der Waals surface area contributed by atoms with Gasteiger partial charge in [-0.25, -0.2) is 4.98 Å². The summed E-state index contributed by atoms with van der Waals surface area (Å²) in [6.45, 7) is 3.91. The minimum absolute atomic E-state index is 0.156. The van der Waals surface area contributed by atoms with E-state index in [1.165, 1.54) is 11.8 Å². The summed E-state index contributed by atoms with van der Waals surface area (Å²) in [7, 11) is 0. The van der Waals surface area contributed by atoms with Gasteiger partial charge in [-0.2, -0.15) is 9.50 Å². The Morgan fingerprint density at radius 1 is 1.14 bits per heavy atom. The van der Waals surface area contributed by atoms with Crippen molar-refractivity contribution in [1.82, 2.24) is 19.6 Å². The van der Waals surface area contributed by atoms with Gasteiger partial charge in [-0.05, 0) is 55.8 Å². The summed E-state index contributed by atoms with van der Waals surface area (Å²) in [5, 5.41) is 8.37. The minimum atomic E-state index is -0.156. The number of aromatic nitrogens is 4. The molecular formula is C21H18BrN5OS. The number of halogens is 1. The van der Waals surface area contributed by atoms with Gasteiger partial charge in [-0.3, -0.25) is 4.79 Å². The van der Waals surface area contributed by atoms with Gasteiger partial charge >= 0.3 is 0 Å². The predicted molar refractivity (Wildman–Crippen MR) is 118 cm³/mol. The van der Waals surface area contributed by atoms with Crippen molar-refractivity contribution in [1.29, 1.82) is 0 Å². The van der Waals surface area contributed by atoms with Gasteiger partial charge in [0, 0.05) is 20.6 Å². The summed E-state index contributed by atoms with van der Waals surface area (Å²) in [4.78, 5) is 22.5. The molecule has 0 bridgehead atoms. The van der Waals surface area contributed by atoms with Gasteiger partial charge in [-0.15, -0.1) is 5.10 Å². The second kappa shape index (κ2) is 8.34. The van der Waals surface area contributed by atoms with Crippen molar-refractivity contribution in [3.8, 4) is 0 Å². The van der Waals surface area contributed by atoms with Gasteiger partial charge in [0.1, 0.15) is 10.9 Å². The van der Waals surface area contributed by atoms with Crippen LogP contribution in [0.5, 0.6) is 0 Å². The fraction of sp³-hybridized carbons (Fsp3) is 0.143. The molecule has 2 aromatic carbocycles. The highest BCUT2D eigenvalue weighted by Gasteiger charge is 2.14. The van der Waals surface area contributed by atoms with Gasteiger partial charge in [0.2, 0.25) is 0 Å². The Bertz CT molecular complexity index is 1190. The third-order valence-corrected chi connectivity index (χ3v) is 5.86. The Morgan fingerprint density at radius 2 is 1.90 bits per heavy atom. The average molecular weight is 468 g/mol. The van der Waals surface area contributed by atoms with Crippen molar-refractivity contribution in [2.45, 2.75) is 30.2 Å². The molecule has 0 spiro atoms. The number of benzene rings is 2. The van der Waals surface area contributed by atoms with Crippen molar-refractivity contribution in [3.05, 3.63) is 76.2 Å². The van der Waals surface area contributed by atoms with Crippen LogP contribution in [0.1, 0.15) is 28.8 Å². The maximum absolute atomic E-state index is 12.7. The average Bonchev–Trinajstić information content (AvgIpc) is 3.10. The molecule has 1 amide bonds. The van der Waals surface area contributed by atoms with Gasteiger partial charge in [0.25, 0.3) is 11.7 Å². The number of amides is 1. The van der Waals surface area contributed by atoms with E-state index in [0.29, 0.717) is 17.2 Å². The summed E-state index contributed by atoms with van der Waals surface area (Å²) in [6.07, 6.45) is 0.803. The van der Waals surface area contributed by atoms with Gasteiger partial charge < -0.3 is 5.32 Å². The van der Waals surface area contributed by atoms with Crippen LogP contribution >= 0.6 is 27.7 Å². The second-order valence-electron chi connectivity index (χ2n) is 6.37. The summed E-state index contributed by atoms with van der Waals surface area (Å²) >= 11 is 4.91. The minimum Gasteiger partial charge on any atom is -0.321 e. The second-order valence-corrected chi connectivity index (χ2v) is 8.35. The fourth-order valence-corrected chi connectivity index (χ4v) is 4.08. The molecule has 4 aromatic rings. The number of hydrogen-bond donors (Lipinski definition) is 1. The number of carbonyl (C=O) groups excluding carboxylic acids is 1. The van der Waals surface area contributed by atoms with E-state index in [4.69, 9.17) is 0 Å². The first kappa shape index (κ1) is 19.6. The first-order chi connectivity index (χ1) is 14.0. The molecule has 0 unspecified atom stereocenters. The van der Waals surface area contributed by atoms with Crippen LogP contribution in [-0.4, -0.2) is 25.5 Å². The molecule has 146 valence electrons. The molecule has 0 atom stereocenters. The molecule has 8 heteroatoms. The largest absolute Gasteiger partial charge is 0.321 e. The maximum atomic E-state index is 12.7. The van der Waals surface area contributed by atoms with E-state index in [0.717, 1.165) is 32.2 Å². The lowest BCUT2D eigenvalue weighted by molar-refractivity contribution is 0.102. The number of para-hydroxylation sites is 1. The first-order valence-corrected chi connectivity index (χ1v) is 10.7. The molecule has 0 aliphatic carbocycles. The Balaban J connectivity index is 1.66. The van der Waals surface area contributed by atoms with Crippen LogP contribution in [0.15, 0.2) is 69.0 Å². The Morgan fingerprint density at radius 3 is 2.66 bits per heavy atom. The Kier molecular flexibility index (Phi) is 5.64. The molecule has 4 rings (SSSR count). The van der Waals surface area contributed by atoms with E-state index in [9.17, 15) is 4.79 Å². The predicted octanol–water partition coefficient (Wildman–Crippen LogP) is 5.16. The molecule has 2 aromatic heterocycles. The lowest BCUT2D eigenvalue weighted by atomic mass is 10.2. The highest BCUT2D eigenvalue weighted by atomic mass is 79.9. The van der Waals surface area contributed by atoms with Crippen LogP contribution in [0.25, 0.3) is 5.78 Å². The van der Waals surface area contributed by atoms with E-state index < -0.39 is 0 Å². The van der Waals surface area contributed by atoms with Crippen molar-refractivity contribution < 1.29 is 4.79 Å². The number of nitrogens with zero attached hydrogens (tertiary/aromatic N) is 4. The van der Waals surface area contributed by atoms with Crippen molar-refractivity contribution >= 4 is 45.1 Å².